The molecule has 10 nitrogen and oxygen atoms in total. The van der Waals surface area contributed by atoms with Gasteiger partial charge in [0.15, 0.2) is 17.3 Å². The monoisotopic (exact) mass is 527 g/mol. The van der Waals surface area contributed by atoms with Gasteiger partial charge in [-0.3, -0.25) is 28.0 Å². The molecule has 36 heavy (non-hydrogen) atoms. The van der Waals surface area contributed by atoms with Crippen LogP contribution in [0.4, 0.5) is 10.2 Å². The molecule has 0 atom stereocenters. The maximum absolute atomic E-state index is 13.8. The number of hydrogen-bond acceptors (Lipinski definition) is 8. The molecule has 0 spiro atoms. The number of benzene rings is 1. The van der Waals surface area contributed by atoms with Gasteiger partial charge in [0, 0.05) is 44.3 Å². The summed E-state index contributed by atoms with van der Waals surface area (Å²) in [6.45, 7) is 0.181. The molecule has 0 aliphatic carbocycles. The molecule has 0 radical (unpaired) electrons. The van der Waals surface area contributed by atoms with Gasteiger partial charge in [-0.1, -0.05) is 6.07 Å². The number of aromatic hydroxyl groups is 1. The number of hydrogen-bond donors (Lipinski definition) is 4. The Hall–Kier alpha value is -2.48. The molecule has 0 bridgehead atoms. The second-order valence-electron chi connectivity index (χ2n) is 8.36. The van der Waals surface area contributed by atoms with Crippen LogP contribution in [-0.2, 0) is 6.54 Å². The maximum atomic E-state index is 13.8. The fraction of sp³-hybridized carbons (Fsp3) is 0.304. The zero-order valence-corrected chi connectivity index (χ0v) is 20.0. The summed E-state index contributed by atoms with van der Waals surface area (Å²) < 4.78 is 36.4. The number of anilines is 1. The summed E-state index contributed by atoms with van der Waals surface area (Å²) in [6.07, 6.45) is 2.79. The molecule has 4 N–H and O–H groups in total. The Labute approximate surface area is 231 Å². The number of halogens is 1. The average Bonchev–Trinajstić information content (AvgIpc) is 2.83. The molecule has 3 aromatic rings. The molecule has 2 aromatic heterocycles. The van der Waals surface area contributed by atoms with Gasteiger partial charge in [0.25, 0.3) is 11.8 Å². The summed E-state index contributed by atoms with van der Waals surface area (Å²) in [5.41, 5.74) is 0.209. The summed E-state index contributed by atoms with van der Waals surface area (Å²) in [5.74, 6) is -1.93. The molecule has 1 aliphatic rings. The molecule has 1 saturated heterocycles. The summed E-state index contributed by atoms with van der Waals surface area (Å²) in [4.78, 5) is 35.3. The third-order valence-electron chi connectivity index (χ3n) is 5.70. The van der Waals surface area contributed by atoms with E-state index in [0.29, 0.717) is 30.3 Å². The topological polar surface area (TPSA) is 139 Å². The van der Waals surface area contributed by atoms with Gasteiger partial charge in [-0.25, -0.2) is 9.37 Å². The first-order valence-corrected chi connectivity index (χ1v) is 12.6. The third-order valence-corrected chi connectivity index (χ3v) is 7.59. The zero-order valence-electron chi connectivity index (χ0n) is 19.2. The van der Waals surface area contributed by atoms with Gasteiger partial charge in [0.05, 0.1) is 5.75 Å². The van der Waals surface area contributed by atoms with Crippen LogP contribution in [0.15, 0.2) is 36.5 Å². The van der Waals surface area contributed by atoms with Crippen molar-refractivity contribution < 1.29 is 28.2 Å². The van der Waals surface area contributed by atoms with Crippen LogP contribution in [0.2, 0.25) is 0 Å². The van der Waals surface area contributed by atoms with Crippen molar-refractivity contribution in [2.24, 2.45) is 0 Å². The number of nitrogens with one attached hydrogen (secondary N) is 1. The predicted octanol–water partition coefficient (Wildman–Crippen LogP) is 2.72. The van der Waals surface area contributed by atoms with Crippen LogP contribution in [0.5, 0.6) is 5.75 Å². The second kappa shape index (κ2) is 11.3. The number of amides is 2. The van der Waals surface area contributed by atoms with E-state index in [2.05, 4.69) is 15.3 Å². The quantitative estimate of drug-likeness (QED) is 0.372. The van der Waals surface area contributed by atoms with Crippen molar-refractivity contribution in [3.63, 3.8) is 0 Å². The number of pyridine rings is 2. The summed E-state index contributed by atoms with van der Waals surface area (Å²) in [5, 5.41) is 13.8. The molecule has 0 unspecified atom stereocenters. The molecular formula is C23H27FN5NaO5S. The molecular weight excluding hydrogens is 500 g/mol. The van der Waals surface area contributed by atoms with Crippen molar-refractivity contribution in [3.8, 4) is 5.75 Å². The van der Waals surface area contributed by atoms with Crippen molar-refractivity contribution in [1.82, 2.24) is 20.2 Å². The minimum atomic E-state index is -3.15. The van der Waals surface area contributed by atoms with E-state index in [-0.39, 0.29) is 64.4 Å². The fourth-order valence-electron chi connectivity index (χ4n) is 3.91. The van der Waals surface area contributed by atoms with Gasteiger partial charge >= 0.3 is 29.6 Å². The van der Waals surface area contributed by atoms with Gasteiger partial charge in [-0.15, -0.1) is 10.8 Å². The normalized spacial score (nSPS) is 15.6. The van der Waals surface area contributed by atoms with Gasteiger partial charge < -0.3 is 15.3 Å². The van der Waals surface area contributed by atoms with E-state index in [0.717, 1.165) is 6.07 Å². The predicted molar refractivity (Wildman–Crippen MR) is 138 cm³/mol. The third kappa shape index (κ3) is 5.58. The van der Waals surface area contributed by atoms with Crippen LogP contribution >= 0.6 is 10.8 Å². The molecule has 188 valence electrons. The number of carbonyl (C=O) groups excluding carboxylic acids is 2. The summed E-state index contributed by atoms with van der Waals surface area (Å²) in [7, 11) is -0.0863. The Morgan fingerprint density at radius 2 is 1.97 bits per heavy atom. The van der Waals surface area contributed by atoms with Crippen LogP contribution < -0.4 is 9.62 Å². The van der Waals surface area contributed by atoms with E-state index in [4.69, 9.17) is 0 Å². The summed E-state index contributed by atoms with van der Waals surface area (Å²) >= 11 is 0. The molecule has 13 heteroatoms. The van der Waals surface area contributed by atoms with Crippen molar-refractivity contribution in [2.45, 2.75) is 19.4 Å². The molecule has 1 aromatic carbocycles. The molecule has 2 amide bonds. The number of rotatable bonds is 5. The molecule has 4 rings (SSSR count). The Bertz CT molecular complexity index is 1310. The van der Waals surface area contributed by atoms with Crippen LogP contribution in [0.3, 0.4) is 0 Å². The average molecular weight is 528 g/mol. The second-order valence-corrected chi connectivity index (χ2v) is 10.5. The first-order chi connectivity index (χ1) is 16.6. The standard InChI is InChI=1S/C23H26FN5O5S.Na.H/c1-28(2)23(32)17-12-15(24)8-7-14(17)13-26-22(31)19-20(30)18-16(6-5-9-25-18)21(27-19)29-10-3-4-11-35(29,33)34;;/h5-9,12,30,33-34H,3-4,10-11,13H2,1-2H3,(H,26,31);;. The van der Waals surface area contributed by atoms with Gasteiger partial charge in [-0.2, -0.15) is 0 Å². The molecule has 3 heterocycles. The fourth-order valence-corrected chi connectivity index (χ4v) is 5.56. The van der Waals surface area contributed by atoms with Crippen LogP contribution in [-0.4, -0.2) is 96.8 Å². The van der Waals surface area contributed by atoms with Crippen molar-refractivity contribution in [2.75, 3.05) is 30.7 Å². The van der Waals surface area contributed by atoms with E-state index in [1.165, 1.54) is 41.6 Å². The minimum absolute atomic E-state index is 0. The SMILES string of the molecule is CN(C)C(=O)c1cc(F)ccc1CNC(=O)c1nc(N2CCCCS2(O)O)c2cccnc2c1O.[NaH]. The summed E-state index contributed by atoms with van der Waals surface area (Å²) in [6, 6.07) is 6.94. The molecule has 1 fully saturated rings. The Morgan fingerprint density at radius 1 is 1.22 bits per heavy atom. The van der Waals surface area contributed by atoms with Gasteiger partial charge in [0.2, 0.25) is 0 Å². The number of fused-ring (bicyclic) bond motifs is 1. The number of aromatic nitrogens is 2. The van der Waals surface area contributed by atoms with E-state index in [1.54, 1.807) is 12.1 Å². The van der Waals surface area contributed by atoms with E-state index in [9.17, 15) is 28.2 Å². The molecule has 0 saturated carbocycles. The van der Waals surface area contributed by atoms with E-state index in [1.807, 2.05) is 0 Å². The first-order valence-electron chi connectivity index (χ1n) is 10.9. The number of nitrogens with zero attached hydrogens (tertiary/aromatic N) is 4. The molecule has 1 aliphatic heterocycles. The van der Waals surface area contributed by atoms with Crippen LogP contribution in [0.25, 0.3) is 10.9 Å². The van der Waals surface area contributed by atoms with Crippen LogP contribution in [0, 0.1) is 5.82 Å². The van der Waals surface area contributed by atoms with Crippen molar-refractivity contribution >= 4 is 68.9 Å². The Morgan fingerprint density at radius 3 is 2.67 bits per heavy atom. The van der Waals surface area contributed by atoms with Gasteiger partial charge in [-0.05, 0) is 42.7 Å². The first kappa shape index (κ1) is 28.1. The Kier molecular flexibility index (Phi) is 8.80. The van der Waals surface area contributed by atoms with E-state index >= 15 is 0 Å². The van der Waals surface area contributed by atoms with Gasteiger partial charge in [0.1, 0.15) is 11.3 Å². The van der Waals surface area contributed by atoms with E-state index < -0.39 is 34.2 Å². The van der Waals surface area contributed by atoms with Crippen molar-refractivity contribution in [1.29, 1.82) is 0 Å². The Balaban J connectivity index is 0.00000361. The number of carbonyl (C=O) groups is 2. The zero-order chi connectivity index (χ0) is 25.3. The van der Waals surface area contributed by atoms with Crippen LogP contribution in [0.1, 0.15) is 39.3 Å². The van der Waals surface area contributed by atoms with Crippen molar-refractivity contribution in [3.05, 3.63) is 59.2 Å².